The predicted molar refractivity (Wildman–Crippen MR) is 144 cm³/mol. The highest BCUT2D eigenvalue weighted by atomic mass is 31.1. The molecule has 0 fully saturated rings. The second-order valence-corrected chi connectivity index (χ2v) is 10.9. The number of fused-ring (bicyclic) bond motifs is 7. The minimum atomic E-state index is -1.78. The van der Waals surface area contributed by atoms with Gasteiger partial charge in [-0.2, -0.15) is 0 Å². The number of nitrogens with zero attached hydrogens (tertiary/aromatic N) is 1. The SMILES string of the molecule is CC(C)C1COC(C(C)(C)Op2oc3ccc4ccccc4c3c3c(ccc4ccccc43)o2)=N1. The van der Waals surface area contributed by atoms with Gasteiger partial charge in [-0.15, -0.1) is 0 Å². The van der Waals surface area contributed by atoms with Gasteiger partial charge < -0.3 is 13.1 Å². The zero-order valence-corrected chi connectivity index (χ0v) is 21.2. The first-order valence-corrected chi connectivity index (χ1v) is 13.1. The van der Waals surface area contributed by atoms with Crippen LogP contribution in [0.1, 0.15) is 27.7 Å². The van der Waals surface area contributed by atoms with Gasteiger partial charge in [0.15, 0.2) is 5.60 Å². The van der Waals surface area contributed by atoms with Gasteiger partial charge in [0.1, 0.15) is 17.8 Å². The second kappa shape index (κ2) is 8.44. The van der Waals surface area contributed by atoms with E-state index in [0.717, 1.165) is 43.5 Å². The molecular weight excluding hydrogens is 457 g/mol. The molecule has 1 aliphatic heterocycles. The van der Waals surface area contributed by atoms with Gasteiger partial charge in [0, 0.05) is 10.8 Å². The van der Waals surface area contributed by atoms with Crippen molar-refractivity contribution in [3.63, 3.8) is 0 Å². The van der Waals surface area contributed by atoms with E-state index in [0.29, 0.717) is 18.4 Å². The van der Waals surface area contributed by atoms with Gasteiger partial charge in [0.05, 0.1) is 6.04 Å². The van der Waals surface area contributed by atoms with Crippen LogP contribution in [0.3, 0.4) is 0 Å². The fourth-order valence-electron chi connectivity index (χ4n) is 4.67. The van der Waals surface area contributed by atoms with Crippen molar-refractivity contribution < 1.29 is 17.7 Å². The summed E-state index contributed by atoms with van der Waals surface area (Å²) in [6, 6.07) is 25.1. The molecule has 1 atom stereocenters. The quantitative estimate of drug-likeness (QED) is 0.257. The minimum Gasteiger partial charge on any atom is -0.477 e. The van der Waals surface area contributed by atoms with Gasteiger partial charge in [0.2, 0.25) is 5.90 Å². The molecule has 0 radical (unpaired) electrons. The molecule has 4 aromatic carbocycles. The van der Waals surface area contributed by atoms with Crippen molar-refractivity contribution in [3.8, 4) is 0 Å². The average molecular weight is 486 g/mol. The summed E-state index contributed by atoms with van der Waals surface area (Å²) in [6.07, 6.45) is 0. The Morgan fingerprint density at radius 1 is 0.829 bits per heavy atom. The van der Waals surface area contributed by atoms with Crippen molar-refractivity contribution in [1.82, 2.24) is 0 Å². The predicted octanol–water partition coefficient (Wildman–Crippen LogP) is 8.26. The van der Waals surface area contributed by atoms with Crippen LogP contribution in [0.15, 0.2) is 86.2 Å². The van der Waals surface area contributed by atoms with Gasteiger partial charge in [0.25, 0.3) is 0 Å². The van der Waals surface area contributed by atoms with Gasteiger partial charge >= 0.3 is 8.24 Å². The lowest BCUT2D eigenvalue weighted by atomic mass is 9.99. The number of aliphatic imine (C=N–C) groups is 1. The van der Waals surface area contributed by atoms with Gasteiger partial charge in [-0.05, 0) is 53.4 Å². The van der Waals surface area contributed by atoms with E-state index < -0.39 is 13.8 Å². The Bertz CT molecular complexity index is 1550. The van der Waals surface area contributed by atoms with Crippen LogP contribution in [0.2, 0.25) is 0 Å². The summed E-state index contributed by atoms with van der Waals surface area (Å²) in [7, 11) is -1.78. The fraction of sp³-hybridized carbons (Fsp3) is 0.276. The van der Waals surface area contributed by atoms with Crippen LogP contribution in [-0.2, 0) is 4.74 Å². The van der Waals surface area contributed by atoms with Crippen LogP contribution >= 0.6 is 8.24 Å². The normalized spacial score (nSPS) is 16.4. The molecule has 178 valence electrons. The molecule has 6 heteroatoms. The van der Waals surface area contributed by atoms with E-state index in [1.54, 1.807) is 0 Å². The molecule has 0 amide bonds. The first kappa shape index (κ1) is 22.2. The Labute approximate surface area is 205 Å². The van der Waals surface area contributed by atoms with E-state index in [-0.39, 0.29) is 6.04 Å². The van der Waals surface area contributed by atoms with Gasteiger partial charge in [-0.1, -0.05) is 74.5 Å². The third-order valence-electron chi connectivity index (χ3n) is 6.64. The van der Waals surface area contributed by atoms with Crippen molar-refractivity contribution in [2.75, 3.05) is 6.61 Å². The van der Waals surface area contributed by atoms with Crippen LogP contribution < -0.4 is 4.52 Å². The lowest BCUT2D eigenvalue weighted by Crippen LogP contribution is -2.37. The van der Waals surface area contributed by atoms with Gasteiger partial charge in [-0.3, -0.25) is 4.52 Å². The Kier molecular flexibility index (Phi) is 5.36. The minimum absolute atomic E-state index is 0.135. The van der Waals surface area contributed by atoms with Crippen molar-refractivity contribution in [3.05, 3.63) is 72.8 Å². The topological polar surface area (TPSA) is 57.1 Å². The van der Waals surface area contributed by atoms with Crippen LogP contribution in [-0.4, -0.2) is 24.1 Å². The molecule has 1 aromatic heterocycles. The molecule has 35 heavy (non-hydrogen) atoms. The Balaban J connectivity index is 1.62. The fourth-order valence-corrected chi connectivity index (χ4v) is 5.86. The molecule has 1 aliphatic rings. The molecule has 0 bridgehead atoms. The van der Waals surface area contributed by atoms with Gasteiger partial charge in [-0.25, -0.2) is 4.99 Å². The highest BCUT2D eigenvalue weighted by Gasteiger charge is 2.36. The molecular formula is C29H28NO4P. The summed E-state index contributed by atoms with van der Waals surface area (Å²) < 4.78 is 25.4. The zero-order chi connectivity index (χ0) is 24.2. The number of rotatable bonds is 4. The van der Waals surface area contributed by atoms with E-state index in [1.807, 2.05) is 26.0 Å². The molecule has 0 N–H and O–H groups in total. The smallest absolute Gasteiger partial charge is 0.388 e. The number of ether oxygens (including phenoxy) is 1. The summed E-state index contributed by atoms with van der Waals surface area (Å²) in [5.74, 6) is 0.993. The molecule has 5 nitrogen and oxygen atoms in total. The molecule has 0 saturated heterocycles. The molecule has 0 aliphatic carbocycles. The molecule has 0 saturated carbocycles. The van der Waals surface area contributed by atoms with Crippen molar-refractivity contribution in [2.24, 2.45) is 10.9 Å². The molecule has 2 heterocycles. The van der Waals surface area contributed by atoms with E-state index in [9.17, 15) is 0 Å². The maximum atomic E-state index is 6.48. The van der Waals surface area contributed by atoms with Crippen LogP contribution in [0.5, 0.6) is 0 Å². The molecule has 6 rings (SSSR count). The van der Waals surface area contributed by atoms with Crippen LogP contribution in [0.4, 0.5) is 0 Å². The third kappa shape index (κ3) is 3.89. The number of hydrogen-bond donors (Lipinski definition) is 0. The van der Waals surface area contributed by atoms with E-state index >= 15 is 0 Å². The Morgan fingerprint density at radius 3 is 1.89 bits per heavy atom. The average Bonchev–Trinajstić information content (AvgIpc) is 3.30. The maximum Gasteiger partial charge on any atom is 0.388 e. The third-order valence-corrected chi connectivity index (χ3v) is 7.94. The first-order valence-electron chi connectivity index (χ1n) is 12.0. The highest BCUT2D eigenvalue weighted by molar-refractivity contribution is 7.32. The summed E-state index contributed by atoms with van der Waals surface area (Å²) in [5.41, 5.74) is 0.693. The van der Waals surface area contributed by atoms with Crippen molar-refractivity contribution in [1.29, 1.82) is 0 Å². The monoisotopic (exact) mass is 485 g/mol. The largest absolute Gasteiger partial charge is 0.477 e. The highest BCUT2D eigenvalue weighted by Crippen LogP contribution is 2.41. The van der Waals surface area contributed by atoms with Crippen molar-refractivity contribution in [2.45, 2.75) is 39.3 Å². The van der Waals surface area contributed by atoms with Crippen LogP contribution in [0.25, 0.3) is 43.5 Å². The number of hydrogen-bond acceptors (Lipinski definition) is 5. The molecule has 0 spiro atoms. The first-order chi connectivity index (χ1) is 16.9. The van der Waals surface area contributed by atoms with Crippen LogP contribution in [0, 0.1) is 5.92 Å². The Hall–Kier alpha value is -3.27. The summed E-state index contributed by atoms with van der Waals surface area (Å²) >= 11 is 0. The Morgan fingerprint density at radius 2 is 1.37 bits per heavy atom. The zero-order valence-electron chi connectivity index (χ0n) is 20.3. The second-order valence-electron chi connectivity index (χ2n) is 9.88. The van der Waals surface area contributed by atoms with E-state index in [4.69, 9.17) is 22.6 Å². The summed E-state index contributed by atoms with van der Waals surface area (Å²) in [5, 5.41) is 6.58. The number of benzene rings is 4. The molecule has 5 aromatic rings. The lowest BCUT2D eigenvalue weighted by Gasteiger charge is -2.21. The lowest BCUT2D eigenvalue weighted by molar-refractivity contribution is 0.185. The standard InChI is InChI=1S/C29H28NO4P/c1-18(2)23-17-31-28(30-23)29(3,4)34-35-32-24-15-13-19-9-5-7-11-21(19)26(24)27-22-12-8-6-10-20(22)14-16-25(27)33-35/h5-16,18,23H,17H2,1-4H3. The summed E-state index contributed by atoms with van der Waals surface area (Å²) in [4.78, 5) is 4.79. The maximum absolute atomic E-state index is 6.48. The molecule has 1 unspecified atom stereocenters. The van der Waals surface area contributed by atoms with E-state index in [2.05, 4.69) is 74.5 Å². The van der Waals surface area contributed by atoms with Crippen molar-refractivity contribution >= 4 is 57.6 Å². The van der Waals surface area contributed by atoms with E-state index in [1.165, 1.54) is 0 Å². The summed E-state index contributed by atoms with van der Waals surface area (Å²) in [6.45, 7) is 8.79.